The molecule has 30 heavy (non-hydrogen) atoms. The summed E-state index contributed by atoms with van der Waals surface area (Å²) < 4.78 is 24.6. The van der Waals surface area contributed by atoms with Gasteiger partial charge in [0.25, 0.3) is 11.8 Å². The first-order valence-electron chi connectivity index (χ1n) is 10.2. The molecule has 2 amide bonds. The minimum absolute atomic E-state index is 0.0502. The predicted molar refractivity (Wildman–Crippen MR) is 113 cm³/mol. The number of rotatable bonds is 7. The minimum atomic E-state index is -0.357. The number of piperidine rings is 1. The number of carbonyl (C=O) groups is 2. The summed E-state index contributed by atoms with van der Waals surface area (Å²) in [5.74, 6) is 0.0567. The van der Waals surface area contributed by atoms with E-state index in [4.69, 9.17) is 9.47 Å². The lowest BCUT2D eigenvalue weighted by molar-refractivity contribution is -0.134. The molecule has 0 saturated carbocycles. The molecule has 0 spiro atoms. The van der Waals surface area contributed by atoms with Crippen molar-refractivity contribution in [1.82, 2.24) is 4.90 Å². The highest BCUT2D eigenvalue weighted by Crippen LogP contribution is 2.29. The molecular formula is C23H27FN2O4. The van der Waals surface area contributed by atoms with E-state index in [1.807, 2.05) is 11.8 Å². The number of nitrogens with one attached hydrogen (secondary N) is 1. The number of halogens is 1. The molecule has 1 N–H and O–H groups in total. The van der Waals surface area contributed by atoms with E-state index in [1.165, 1.54) is 18.2 Å². The molecule has 3 rings (SSSR count). The third-order valence-electron chi connectivity index (χ3n) is 5.00. The van der Waals surface area contributed by atoms with Crippen LogP contribution in [0.5, 0.6) is 11.5 Å². The Morgan fingerprint density at radius 3 is 2.50 bits per heavy atom. The van der Waals surface area contributed by atoms with Crippen LogP contribution in [0.3, 0.4) is 0 Å². The van der Waals surface area contributed by atoms with Crippen molar-refractivity contribution >= 4 is 17.5 Å². The SMILES string of the molecule is CCOc1cc(C(=O)Nc2ccc(F)cc2C)ccc1OCC(=O)N1CCCCC1. The molecule has 6 nitrogen and oxygen atoms in total. The van der Waals surface area contributed by atoms with Gasteiger partial charge in [-0.3, -0.25) is 9.59 Å². The zero-order valence-corrected chi connectivity index (χ0v) is 17.4. The molecule has 1 aliphatic rings. The van der Waals surface area contributed by atoms with Crippen molar-refractivity contribution in [3.8, 4) is 11.5 Å². The van der Waals surface area contributed by atoms with Gasteiger partial charge in [-0.15, -0.1) is 0 Å². The Morgan fingerprint density at radius 1 is 1.03 bits per heavy atom. The highest BCUT2D eigenvalue weighted by Gasteiger charge is 2.18. The maximum Gasteiger partial charge on any atom is 0.260 e. The van der Waals surface area contributed by atoms with Gasteiger partial charge in [0.15, 0.2) is 18.1 Å². The van der Waals surface area contributed by atoms with Gasteiger partial charge in [0, 0.05) is 24.3 Å². The fourth-order valence-corrected chi connectivity index (χ4v) is 3.37. The zero-order chi connectivity index (χ0) is 21.5. The lowest BCUT2D eigenvalue weighted by atomic mass is 10.1. The van der Waals surface area contributed by atoms with Crippen LogP contribution in [-0.4, -0.2) is 43.0 Å². The predicted octanol–water partition coefficient (Wildman–Crippen LogP) is 4.18. The van der Waals surface area contributed by atoms with Crippen molar-refractivity contribution in [1.29, 1.82) is 0 Å². The second-order valence-electron chi connectivity index (χ2n) is 7.24. The van der Waals surface area contributed by atoms with Crippen molar-refractivity contribution < 1.29 is 23.5 Å². The van der Waals surface area contributed by atoms with E-state index in [1.54, 1.807) is 25.1 Å². The summed E-state index contributed by atoms with van der Waals surface area (Å²) >= 11 is 0. The molecule has 1 aliphatic heterocycles. The number of amides is 2. The second kappa shape index (κ2) is 10.1. The van der Waals surface area contributed by atoms with Crippen molar-refractivity contribution in [2.75, 3.05) is 31.6 Å². The third kappa shape index (κ3) is 5.49. The van der Waals surface area contributed by atoms with Crippen molar-refractivity contribution in [2.24, 2.45) is 0 Å². The van der Waals surface area contributed by atoms with Crippen LogP contribution in [0, 0.1) is 12.7 Å². The van der Waals surface area contributed by atoms with Gasteiger partial charge in [-0.2, -0.15) is 0 Å². The van der Waals surface area contributed by atoms with Crippen LogP contribution in [0.1, 0.15) is 42.1 Å². The number of benzene rings is 2. The molecule has 7 heteroatoms. The molecule has 160 valence electrons. The molecule has 0 atom stereocenters. The lowest BCUT2D eigenvalue weighted by Gasteiger charge is -2.26. The van der Waals surface area contributed by atoms with Gasteiger partial charge in [0.1, 0.15) is 5.82 Å². The van der Waals surface area contributed by atoms with E-state index in [2.05, 4.69) is 5.32 Å². The monoisotopic (exact) mass is 414 g/mol. The van der Waals surface area contributed by atoms with Gasteiger partial charge in [-0.05, 0) is 75.1 Å². The van der Waals surface area contributed by atoms with E-state index in [0.29, 0.717) is 34.9 Å². The Labute approximate surface area is 176 Å². The molecule has 1 saturated heterocycles. The van der Waals surface area contributed by atoms with Gasteiger partial charge < -0.3 is 19.7 Å². The van der Waals surface area contributed by atoms with Crippen LogP contribution >= 0.6 is 0 Å². The fraction of sp³-hybridized carbons (Fsp3) is 0.391. The number of ether oxygens (including phenoxy) is 2. The average molecular weight is 414 g/mol. The first-order chi connectivity index (χ1) is 14.5. The summed E-state index contributed by atoms with van der Waals surface area (Å²) in [5, 5.41) is 2.77. The van der Waals surface area contributed by atoms with E-state index in [9.17, 15) is 14.0 Å². The fourth-order valence-electron chi connectivity index (χ4n) is 3.37. The van der Waals surface area contributed by atoms with Gasteiger partial charge in [0.05, 0.1) is 6.61 Å². The van der Waals surface area contributed by atoms with E-state index >= 15 is 0 Å². The summed E-state index contributed by atoms with van der Waals surface area (Å²) in [5.41, 5.74) is 1.54. The maximum absolute atomic E-state index is 13.3. The number of likely N-dealkylation sites (tertiary alicyclic amines) is 1. The van der Waals surface area contributed by atoms with E-state index in [-0.39, 0.29) is 24.2 Å². The van der Waals surface area contributed by atoms with Crippen LogP contribution in [0.2, 0.25) is 0 Å². The molecular weight excluding hydrogens is 387 g/mol. The highest BCUT2D eigenvalue weighted by atomic mass is 19.1. The number of hydrogen-bond acceptors (Lipinski definition) is 4. The molecule has 0 aromatic heterocycles. The van der Waals surface area contributed by atoms with Gasteiger partial charge in [0.2, 0.25) is 0 Å². The Kier molecular flexibility index (Phi) is 7.27. The summed E-state index contributed by atoms with van der Waals surface area (Å²) in [6.07, 6.45) is 3.20. The van der Waals surface area contributed by atoms with Crippen LogP contribution in [0.25, 0.3) is 0 Å². The topological polar surface area (TPSA) is 67.9 Å². The molecule has 0 aliphatic carbocycles. The molecule has 2 aromatic rings. The Hall–Kier alpha value is -3.09. The Morgan fingerprint density at radius 2 is 1.80 bits per heavy atom. The van der Waals surface area contributed by atoms with Crippen LogP contribution in [0.4, 0.5) is 10.1 Å². The smallest absolute Gasteiger partial charge is 0.260 e. The molecule has 1 heterocycles. The largest absolute Gasteiger partial charge is 0.490 e. The number of anilines is 1. The number of nitrogens with zero attached hydrogens (tertiary/aromatic N) is 1. The first kappa shape index (κ1) is 21.6. The maximum atomic E-state index is 13.3. The zero-order valence-electron chi connectivity index (χ0n) is 17.4. The van der Waals surface area contributed by atoms with E-state index < -0.39 is 0 Å². The van der Waals surface area contributed by atoms with Gasteiger partial charge in [-0.25, -0.2) is 4.39 Å². The van der Waals surface area contributed by atoms with Crippen LogP contribution < -0.4 is 14.8 Å². The molecule has 0 bridgehead atoms. The van der Waals surface area contributed by atoms with Gasteiger partial charge in [-0.1, -0.05) is 0 Å². The summed E-state index contributed by atoms with van der Waals surface area (Å²) in [6, 6.07) is 8.99. The Balaban J connectivity index is 1.69. The second-order valence-corrected chi connectivity index (χ2v) is 7.24. The summed E-state index contributed by atoms with van der Waals surface area (Å²) in [6.45, 7) is 5.40. The molecule has 0 radical (unpaired) electrons. The quantitative estimate of drug-likeness (QED) is 0.738. The summed E-state index contributed by atoms with van der Waals surface area (Å²) in [4.78, 5) is 26.8. The molecule has 2 aromatic carbocycles. The van der Waals surface area contributed by atoms with Crippen molar-refractivity contribution in [2.45, 2.75) is 33.1 Å². The molecule has 0 unspecified atom stereocenters. The normalized spacial score (nSPS) is 13.6. The van der Waals surface area contributed by atoms with Crippen LogP contribution in [0.15, 0.2) is 36.4 Å². The van der Waals surface area contributed by atoms with E-state index in [0.717, 1.165) is 32.4 Å². The van der Waals surface area contributed by atoms with Crippen molar-refractivity contribution in [3.05, 3.63) is 53.3 Å². The van der Waals surface area contributed by atoms with Crippen LogP contribution in [-0.2, 0) is 4.79 Å². The number of hydrogen-bond donors (Lipinski definition) is 1. The number of carbonyl (C=O) groups excluding carboxylic acids is 2. The first-order valence-corrected chi connectivity index (χ1v) is 10.2. The third-order valence-corrected chi connectivity index (χ3v) is 5.00. The molecule has 1 fully saturated rings. The summed E-state index contributed by atoms with van der Waals surface area (Å²) in [7, 11) is 0. The highest BCUT2D eigenvalue weighted by molar-refractivity contribution is 6.05. The van der Waals surface area contributed by atoms with Gasteiger partial charge >= 0.3 is 0 Å². The lowest BCUT2D eigenvalue weighted by Crippen LogP contribution is -2.38. The minimum Gasteiger partial charge on any atom is -0.490 e. The standard InChI is InChI=1S/C23H27FN2O4/c1-3-29-21-14-17(23(28)25-19-9-8-18(24)13-16(19)2)7-10-20(21)30-15-22(27)26-11-5-4-6-12-26/h7-10,13-14H,3-6,11-12,15H2,1-2H3,(H,25,28). The van der Waals surface area contributed by atoms with Crippen molar-refractivity contribution in [3.63, 3.8) is 0 Å². The number of aryl methyl sites for hydroxylation is 1. The Bertz CT molecular complexity index is 910. The average Bonchev–Trinajstić information content (AvgIpc) is 2.75.